The molecular weight excluding hydrogens is 437 g/mol. The number of nitrogens with one attached hydrogen (secondary N) is 1. The number of hydrogen-bond donors (Lipinski definition) is 2. The van der Waals surface area contributed by atoms with Gasteiger partial charge in [-0.3, -0.25) is 14.5 Å². The van der Waals surface area contributed by atoms with Gasteiger partial charge in [-0.1, -0.05) is 0 Å². The molecule has 9 heteroatoms. The first-order chi connectivity index (χ1) is 14.2. The highest BCUT2D eigenvalue weighted by Crippen LogP contribution is 2.41. The highest BCUT2D eigenvalue weighted by molar-refractivity contribution is 5.85. The van der Waals surface area contributed by atoms with E-state index in [2.05, 4.69) is 25.9 Å². The first kappa shape index (κ1) is 25.2. The molecule has 3 saturated heterocycles. The van der Waals surface area contributed by atoms with Gasteiger partial charge in [-0.15, -0.1) is 24.8 Å². The Labute approximate surface area is 198 Å². The Morgan fingerprint density at radius 1 is 1.16 bits per heavy atom. The van der Waals surface area contributed by atoms with E-state index in [1.807, 2.05) is 0 Å². The number of hydrogen-bond acceptors (Lipinski definition) is 6. The lowest BCUT2D eigenvalue weighted by Crippen LogP contribution is -2.57. The average molecular weight is 476 g/mol. The van der Waals surface area contributed by atoms with Crippen LogP contribution >= 0.6 is 24.8 Å². The van der Waals surface area contributed by atoms with Gasteiger partial charge >= 0.3 is 0 Å². The maximum atomic E-state index is 10.6. The third-order valence-electron chi connectivity index (χ3n) is 7.61. The Kier molecular flexibility index (Phi) is 9.06. The van der Waals surface area contributed by atoms with Crippen LogP contribution in [0.25, 0.3) is 0 Å². The smallest absolute Gasteiger partial charge is 0.0768 e. The zero-order valence-electron chi connectivity index (χ0n) is 18.5. The second-order valence-electron chi connectivity index (χ2n) is 9.79. The van der Waals surface area contributed by atoms with E-state index in [-0.39, 0.29) is 30.9 Å². The van der Waals surface area contributed by atoms with Gasteiger partial charge in [0.05, 0.1) is 17.5 Å². The lowest BCUT2D eigenvalue weighted by Gasteiger charge is -2.51. The number of piperidine rings is 2. The molecule has 1 atom stereocenters. The number of β-amino-alcohol motifs (C(OH)–C–C–N with tert-alkyl or cyclic N) is 1. The van der Waals surface area contributed by atoms with E-state index in [4.69, 9.17) is 9.84 Å². The van der Waals surface area contributed by atoms with Crippen LogP contribution in [0.1, 0.15) is 49.9 Å². The molecule has 0 radical (unpaired) electrons. The van der Waals surface area contributed by atoms with Crippen molar-refractivity contribution in [1.82, 2.24) is 24.9 Å². The molecule has 1 aromatic heterocycles. The highest BCUT2D eigenvalue weighted by atomic mass is 35.5. The third-order valence-corrected chi connectivity index (χ3v) is 7.61. The minimum Gasteiger partial charge on any atom is -0.392 e. The maximum Gasteiger partial charge on any atom is 0.0768 e. The van der Waals surface area contributed by atoms with Crippen LogP contribution in [0.3, 0.4) is 0 Å². The minimum absolute atomic E-state index is 0. The molecule has 4 aliphatic heterocycles. The number of rotatable bonds is 3. The number of ether oxygens (including phenoxy) is 1. The minimum atomic E-state index is -0.172. The summed E-state index contributed by atoms with van der Waals surface area (Å²) in [6.07, 6.45) is 6.59. The van der Waals surface area contributed by atoms with E-state index in [0.29, 0.717) is 11.5 Å². The summed E-state index contributed by atoms with van der Waals surface area (Å²) in [6, 6.07) is 2.89. The van der Waals surface area contributed by atoms with Crippen LogP contribution in [0.2, 0.25) is 0 Å². The van der Waals surface area contributed by atoms with E-state index in [1.165, 1.54) is 24.2 Å². The lowest BCUT2D eigenvalue weighted by molar-refractivity contribution is -0.0727. The molecular formula is C22H39Cl2N5O2. The molecule has 31 heavy (non-hydrogen) atoms. The first-order valence-corrected chi connectivity index (χ1v) is 11.7. The van der Waals surface area contributed by atoms with Crippen LogP contribution in [0.15, 0.2) is 6.07 Å². The number of nitrogens with zero attached hydrogens (tertiary/aromatic N) is 4. The summed E-state index contributed by atoms with van der Waals surface area (Å²) in [5.74, 6) is 0. The van der Waals surface area contributed by atoms with Crippen LogP contribution in [0, 0.1) is 5.41 Å². The molecule has 0 bridgehead atoms. The monoisotopic (exact) mass is 475 g/mol. The van der Waals surface area contributed by atoms with E-state index < -0.39 is 0 Å². The molecule has 3 fully saturated rings. The number of aliphatic hydroxyl groups is 1. The summed E-state index contributed by atoms with van der Waals surface area (Å²) in [5.41, 5.74) is 2.84. The highest BCUT2D eigenvalue weighted by Gasteiger charge is 2.43. The van der Waals surface area contributed by atoms with Gasteiger partial charge < -0.3 is 15.2 Å². The van der Waals surface area contributed by atoms with Crippen molar-refractivity contribution in [1.29, 1.82) is 0 Å². The molecule has 0 aliphatic carbocycles. The Morgan fingerprint density at radius 2 is 1.94 bits per heavy atom. The van der Waals surface area contributed by atoms with Crippen molar-refractivity contribution in [2.24, 2.45) is 5.41 Å². The molecule has 1 aromatic rings. The number of halogens is 2. The summed E-state index contributed by atoms with van der Waals surface area (Å²) in [7, 11) is 0. The molecule has 7 nitrogen and oxygen atoms in total. The zero-order chi connectivity index (χ0) is 19.7. The van der Waals surface area contributed by atoms with Crippen LogP contribution in [-0.2, 0) is 24.4 Å². The number of likely N-dealkylation sites (tertiary alicyclic amines) is 2. The molecule has 4 aliphatic rings. The van der Waals surface area contributed by atoms with Gasteiger partial charge in [0.1, 0.15) is 0 Å². The number of fused-ring (bicyclic) bond motifs is 1. The fraction of sp³-hybridized carbons (Fsp3) is 0.864. The quantitative estimate of drug-likeness (QED) is 0.697. The van der Waals surface area contributed by atoms with Crippen molar-refractivity contribution in [2.75, 3.05) is 45.9 Å². The lowest BCUT2D eigenvalue weighted by atomic mass is 9.71. The summed E-state index contributed by atoms with van der Waals surface area (Å²) < 4.78 is 7.75. The van der Waals surface area contributed by atoms with Crippen LogP contribution in [0.4, 0.5) is 0 Å². The Morgan fingerprint density at radius 3 is 2.71 bits per heavy atom. The number of aromatic nitrogens is 2. The van der Waals surface area contributed by atoms with Gasteiger partial charge in [-0.05, 0) is 69.6 Å². The molecule has 0 aromatic carbocycles. The van der Waals surface area contributed by atoms with Crippen molar-refractivity contribution in [3.63, 3.8) is 0 Å². The Balaban J connectivity index is 0.00000136. The van der Waals surface area contributed by atoms with E-state index in [1.54, 1.807) is 0 Å². The molecule has 1 unspecified atom stereocenters. The fourth-order valence-corrected chi connectivity index (χ4v) is 6.00. The van der Waals surface area contributed by atoms with Crippen molar-refractivity contribution in [2.45, 2.75) is 70.3 Å². The predicted octanol–water partition coefficient (Wildman–Crippen LogP) is 2.05. The molecule has 0 amide bonds. The normalized spacial score (nSPS) is 27.7. The van der Waals surface area contributed by atoms with Gasteiger partial charge in [0.25, 0.3) is 0 Å². The topological polar surface area (TPSA) is 65.8 Å². The van der Waals surface area contributed by atoms with Gasteiger partial charge in [-0.25, -0.2) is 0 Å². The molecule has 5 heterocycles. The number of aliphatic hydroxyl groups excluding tert-OH is 1. The Hall–Kier alpha value is -0.410. The number of aryl methyl sites for hydroxylation is 1. The second-order valence-corrected chi connectivity index (χ2v) is 9.79. The Bertz CT molecular complexity index is 666. The standard InChI is InChI=1S/C22H37N5O2.2ClH/c28-21-13-22(17-26(16-21)19-2-10-29-11-3-19)4-8-25(9-5-22)15-18-12-20-14-23-6-1-7-27(20)24-18;;/h12,19,21,23,28H,1-11,13-17H2;2*1H. The van der Waals surface area contributed by atoms with Crippen LogP contribution in [-0.4, -0.2) is 82.8 Å². The summed E-state index contributed by atoms with van der Waals surface area (Å²) in [4.78, 5) is 5.16. The molecule has 2 N–H and O–H groups in total. The van der Waals surface area contributed by atoms with Gasteiger partial charge in [0.2, 0.25) is 0 Å². The van der Waals surface area contributed by atoms with Gasteiger partial charge in [0, 0.05) is 52.0 Å². The van der Waals surface area contributed by atoms with Crippen molar-refractivity contribution < 1.29 is 9.84 Å². The van der Waals surface area contributed by atoms with Gasteiger partial charge in [0.15, 0.2) is 0 Å². The van der Waals surface area contributed by atoms with Crippen molar-refractivity contribution in [3.05, 3.63) is 17.5 Å². The van der Waals surface area contributed by atoms with E-state index in [9.17, 15) is 5.11 Å². The average Bonchev–Trinajstić information content (AvgIpc) is 2.98. The summed E-state index contributed by atoms with van der Waals surface area (Å²) in [6.45, 7) is 10.0. The first-order valence-electron chi connectivity index (χ1n) is 11.7. The maximum absolute atomic E-state index is 10.6. The van der Waals surface area contributed by atoms with Gasteiger partial charge in [-0.2, -0.15) is 5.10 Å². The fourth-order valence-electron chi connectivity index (χ4n) is 6.00. The third kappa shape index (κ3) is 5.94. The zero-order valence-corrected chi connectivity index (χ0v) is 20.1. The van der Waals surface area contributed by atoms with Crippen molar-refractivity contribution in [3.8, 4) is 0 Å². The molecule has 1 spiro atoms. The van der Waals surface area contributed by atoms with Crippen LogP contribution in [0.5, 0.6) is 0 Å². The summed E-state index contributed by atoms with van der Waals surface area (Å²) >= 11 is 0. The molecule has 5 rings (SSSR count). The van der Waals surface area contributed by atoms with Crippen LogP contribution < -0.4 is 5.32 Å². The molecule has 178 valence electrons. The SMILES string of the molecule is Cl.Cl.OC1CN(C2CCOCC2)CC2(CCN(Cc3cc4n(n3)CCCNC4)CC2)C1. The summed E-state index contributed by atoms with van der Waals surface area (Å²) in [5, 5.41) is 19.0. The van der Waals surface area contributed by atoms with E-state index >= 15 is 0 Å². The molecule has 0 saturated carbocycles. The second kappa shape index (κ2) is 11.1. The van der Waals surface area contributed by atoms with E-state index in [0.717, 1.165) is 91.3 Å². The largest absolute Gasteiger partial charge is 0.392 e. The predicted molar refractivity (Wildman–Crippen MR) is 126 cm³/mol. The van der Waals surface area contributed by atoms with Crippen molar-refractivity contribution >= 4 is 24.8 Å².